The van der Waals surface area contributed by atoms with E-state index in [0.29, 0.717) is 54.2 Å². The lowest BCUT2D eigenvalue weighted by Gasteiger charge is -2.17. The molecular formula is C21H22Cl2N2O4. The summed E-state index contributed by atoms with van der Waals surface area (Å²) >= 11 is 11.7. The molecule has 3 rings (SSSR count). The van der Waals surface area contributed by atoms with E-state index in [-0.39, 0.29) is 24.3 Å². The first-order valence-electron chi connectivity index (χ1n) is 9.31. The van der Waals surface area contributed by atoms with Gasteiger partial charge in [0.1, 0.15) is 18.1 Å². The number of amides is 2. The van der Waals surface area contributed by atoms with Gasteiger partial charge in [-0.25, -0.2) is 0 Å². The summed E-state index contributed by atoms with van der Waals surface area (Å²) in [6.07, 6.45) is 0.416. The molecule has 1 N–H and O–H groups in total. The van der Waals surface area contributed by atoms with Crippen LogP contribution >= 0.6 is 23.2 Å². The Morgan fingerprint density at radius 3 is 2.21 bits per heavy atom. The number of likely N-dealkylation sites (tertiary alicyclic amines) is 1. The van der Waals surface area contributed by atoms with E-state index in [9.17, 15) is 9.59 Å². The van der Waals surface area contributed by atoms with Crippen molar-refractivity contribution >= 4 is 35.0 Å². The van der Waals surface area contributed by atoms with Gasteiger partial charge in [-0.05, 0) is 48.5 Å². The Labute approximate surface area is 179 Å². The second-order valence-electron chi connectivity index (χ2n) is 6.76. The number of halogens is 2. The highest BCUT2D eigenvalue weighted by molar-refractivity contribution is 6.30. The van der Waals surface area contributed by atoms with E-state index in [1.807, 2.05) is 0 Å². The van der Waals surface area contributed by atoms with Crippen molar-refractivity contribution in [3.63, 3.8) is 0 Å². The van der Waals surface area contributed by atoms with Crippen LogP contribution in [0.1, 0.15) is 6.42 Å². The Morgan fingerprint density at radius 1 is 1.00 bits per heavy atom. The summed E-state index contributed by atoms with van der Waals surface area (Å²) in [5.41, 5.74) is 0. The predicted octanol–water partition coefficient (Wildman–Crippen LogP) is 3.42. The van der Waals surface area contributed by atoms with E-state index in [0.717, 1.165) is 0 Å². The molecule has 2 aromatic carbocycles. The maximum absolute atomic E-state index is 12.2. The minimum Gasteiger partial charge on any atom is -0.492 e. The number of carbonyl (C=O) groups is 2. The summed E-state index contributed by atoms with van der Waals surface area (Å²) < 4.78 is 11.0. The zero-order chi connectivity index (χ0) is 20.6. The van der Waals surface area contributed by atoms with E-state index < -0.39 is 0 Å². The molecule has 0 aromatic heterocycles. The van der Waals surface area contributed by atoms with Gasteiger partial charge in [0, 0.05) is 35.5 Å². The van der Waals surface area contributed by atoms with Crippen LogP contribution in [0.4, 0.5) is 0 Å². The molecule has 2 amide bonds. The molecule has 8 heteroatoms. The van der Waals surface area contributed by atoms with Crippen LogP contribution in [-0.2, 0) is 9.59 Å². The molecule has 154 valence electrons. The number of carbonyl (C=O) groups excluding carboxylic acids is 2. The van der Waals surface area contributed by atoms with Gasteiger partial charge in [-0.2, -0.15) is 0 Å². The Balaban J connectivity index is 1.33. The van der Waals surface area contributed by atoms with Gasteiger partial charge < -0.3 is 19.7 Å². The minimum atomic E-state index is -0.225. The lowest BCUT2D eigenvalue weighted by Crippen LogP contribution is -2.35. The molecule has 1 aliphatic heterocycles. The van der Waals surface area contributed by atoms with Crippen molar-refractivity contribution in [2.45, 2.75) is 6.42 Å². The van der Waals surface area contributed by atoms with Gasteiger partial charge in [-0.15, -0.1) is 0 Å². The van der Waals surface area contributed by atoms with Crippen LogP contribution in [0.5, 0.6) is 11.5 Å². The second kappa shape index (κ2) is 10.4. The molecule has 0 radical (unpaired) electrons. The number of nitrogens with zero attached hydrogens (tertiary/aromatic N) is 1. The van der Waals surface area contributed by atoms with Crippen molar-refractivity contribution in [3.8, 4) is 11.5 Å². The van der Waals surface area contributed by atoms with Crippen molar-refractivity contribution in [2.24, 2.45) is 5.92 Å². The molecule has 29 heavy (non-hydrogen) atoms. The summed E-state index contributed by atoms with van der Waals surface area (Å²) in [5.74, 6) is 1.22. The highest BCUT2D eigenvalue weighted by Gasteiger charge is 2.29. The maximum atomic E-state index is 12.2. The predicted molar refractivity (Wildman–Crippen MR) is 112 cm³/mol. The second-order valence-corrected chi connectivity index (χ2v) is 7.63. The lowest BCUT2D eigenvalue weighted by molar-refractivity contribution is -0.128. The molecule has 6 nitrogen and oxygen atoms in total. The van der Waals surface area contributed by atoms with Crippen LogP contribution in [0.15, 0.2) is 48.5 Å². The zero-order valence-electron chi connectivity index (χ0n) is 15.8. The normalized spacial score (nSPS) is 16.0. The van der Waals surface area contributed by atoms with Crippen molar-refractivity contribution in [2.75, 3.05) is 32.8 Å². The highest BCUT2D eigenvalue weighted by atomic mass is 35.5. The first-order valence-corrected chi connectivity index (χ1v) is 10.1. The molecule has 1 saturated heterocycles. The first-order chi connectivity index (χ1) is 14.0. The van der Waals surface area contributed by atoms with Crippen molar-refractivity contribution in [3.05, 3.63) is 58.6 Å². The number of rotatable bonds is 9. The molecular weight excluding hydrogens is 415 g/mol. The molecule has 0 bridgehead atoms. The summed E-state index contributed by atoms with van der Waals surface area (Å²) in [5, 5.41) is 4.08. The van der Waals surface area contributed by atoms with E-state index in [1.54, 1.807) is 53.4 Å². The van der Waals surface area contributed by atoms with E-state index in [1.165, 1.54) is 0 Å². The fraction of sp³-hybridized carbons (Fsp3) is 0.333. The molecule has 2 aromatic rings. The molecule has 1 atom stereocenters. The van der Waals surface area contributed by atoms with Crippen LogP contribution in [0.3, 0.4) is 0 Å². The third-order valence-corrected chi connectivity index (χ3v) is 5.01. The third-order valence-electron chi connectivity index (χ3n) is 4.51. The van der Waals surface area contributed by atoms with Crippen LogP contribution in [0, 0.1) is 5.92 Å². The smallest absolute Gasteiger partial charge is 0.257 e. The highest BCUT2D eigenvalue weighted by Crippen LogP contribution is 2.19. The SMILES string of the molecule is O=C(COc1ccc(Cl)cc1)NCC1CC(=O)N(CCOc2ccc(Cl)cc2)C1. The summed E-state index contributed by atoms with van der Waals surface area (Å²) in [4.78, 5) is 25.9. The fourth-order valence-electron chi connectivity index (χ4n) is 3.00. The van der Waals surface area contributed by atoms with Crippen LogP contribution in [0.25, 0.3) is 0 Å². The summed E-state index contributed by atoms with van der Waals surface area (Å²) in [6.45, 7) is 1.86. The fourth-order valence-corrected chi connectivity index (χ4v) is 3.25. The van der Waals surface area contributed by atoms with Gasteiger partial charge in [0.05, 0.1) is 6.54 Å². The van der Waals surface area contributed by atoms with Gasteiger partial charge in [0.15, 0.2) is 6.61 Å². The molecule has 0 saturated carbocycles. The number of nitrogens with one attached hydrogen (secondary N) is 1. The average molecular weight is 437 g/mol. The average Bonchev–Trinajstić information content (AvgIpc) is 3.07. The monoisotopic (exact) mass is 436 g/mol. The van der Waals surface area contributed by atoms with Crippen molar-refractivity contribution in [1.29, 1.82) is 0 Å². The van der Waals surface area contributed by atoms with Gasteiger partial charge in [0.25, 0.3) is 5.91 Å². The van der Waals surface area contributed by atoms with Gasteiger partial charge in [-0.1, -0.05) is 23.2 Å². The number of hydrogen-bond donors (Lipinski definition) is 1. The number of hydrogen-bond acceptors (Lipinski definition) is 4. The molecule has 1 aliphatic rings. The standard InChI is InChI=1S/C21H22Cl2N2O4/c22-16-1-5-18(6-2-16)28-10-9-25-13-15(11-21(25)27)12-24-20(26)14-29-19-7-3-17(23)4-8-19/h1-8,15H,9-14H2,(H,24,26). The summed E-state index contributed by atoms with van der Waals surface area (Å²) in [6, 6.07) is 13.9. The molecule has 1 unspecified atom stereocenters. The van der Waals surface area contributed by atoms with E-state index in [4.69, 9.17) is 32.7 Å². The largest absolute Gasteiger partial charge is 0.492 e. The zero-order valence-corrected chi connectivity index (χ0v) is 17.3. The lowest BCUT2D eigenvalue weighted by atomic mass is 10.1. The Hall–Kier alpha value is -2.44. The van der Waals surface area contributed by atoms with Gasteiger partial charge in [0.2, 0.25) is 5.91 Å². The van der Waals surface area contributed by atoms with Crippen LogP contribution in [-0.4, -0.2) is 49.6 Å². The van der Waals surface area contributed by atoms with Crippen LogP contribution in [0.2, 0.25) is 10.0 Å². The van der Waals surface area contributed by atoms with Crippen molar-refractivity contribution in [1.82, 2.24) is 10.2 Å². The molecule has 0 aliphatic carbocycles. The van der Waals surface area contributed by atoms with Gasteiger partial charge in [-0.3, -0.25) is 9.59 Å². The van der Waals surface area contributed by atoms with E-state index >= 15 is 0 Å². The first kappa shape index (κ1) is 21.3. The van der Waals surface area contributed by atoms with E-state index in [2.05, 4.69) is 5.32 Å². The third kappa shape index (κ3) is 6.84. The maximum Gasteiger partial charge on any atom is 0.257 e. The quantitative estimate of drug-likeness (QED) is 0.653. The molecule has 1 fully saturated rings. The Kier molecular flexibility index (Phi) is 7.61. The van der Waals surface area contributed by atoms with Gasteiger partial charge >= 0.3 is 0 Å². The minimum absolute atomic E-state index is 0.0707. The summed E-state index contributed by atoms with van der Waals surface area (Å²) in [7, 11) is 0. The number of ether oxygens (including phenoxy) is 2. The topological polar surface area (TPSA) is 67.9 Å². The Morgan fingerprint density at radius 2 is 1.59 bits per heavy atom. The molecule has 0 spiro atoms. The molecule has 1 heterocycles. The Bertz CT molecular complexity index is 828. The van der Waals surface area contributed by atoms with Crippen LogP contribution < -0.4 is 14.8 Å². The number of benzene rings is 2. The van der Waals surface area contributed by atoms with Crippen molar-refractivity contribution < 1.29 is 19.1 Å².